The molecule has 0 aromatic carbocycles. The highest BCUT2D eigenvalue weighted by molar-refractivity contribution is 8.00. The third-order valence-corrected chi connectivity index (χ3v) is 3.91. The largest absolute Gasteiger partial charge is 0.441 e. The van der Waals surface area contributed by atoms with Gasteiger partial charge in [0.2, 0.25) is 0 Å². The highest BCUT2D eigenvalue weighted by atomic mass is 35.5. The van der Waals surface area contributed by atoms with Crippen molar-refractivity contribution in [1.29, 1.82) is 0 Å². The molecule has 90 valence electrons. The van der Waals surface area contributed by atoms with Crippen LogP contribution < -0.4 is 0 Å². The first-order valence-electron chi connectivity index (χ1n) is 4.95. The van der Waals surface area contributed by atoms with E-state index in [1.807, 2.05) is 4.90 Å². The Bertz CT molecular complexity index is 200. The number of likely N-dealkylation sites (tertiary alicyclic amines) is 1. The molecule has 0 spiro atoms. The summed E-state index contributed by atoms with van der Waals surface area (Å²) in [6, 6.07) is 0. The molecule has 2 atom stereocenters. The highest BCUT2D eigenvalue weighted by Crippen LogP contribution is 2.30. The molecule has 2 unspecified atom stereocenters. The maximum Gasteiger partial charge on any atom is 0.441 e. The molecule has 1 aliphatic rings. The van der Waals surface area contributed by atoms with Crippen LogP contribution in [0.5, 0.6) is 0 Å². The summed E-state index contributed by atoms with van der Waals surface area (Å²) in [5, 5.41) is 0.0784. The molecule has 1 nitrogen and oxygen atoms in total. The Morgan fingerprint density at radius 3 is 2.67 bits per heavy atom. The first-order chi connectivity index (χ1) is 6.88. The summed E-state index contributed by atoms with van der Waals surface area (Å²) in [7, 11) is 0. The maximum atomic E-state index is 11.9. The predicted octanol–water partition coefficient (Wildman–Crippen LogP) is 3.19. The van der Waals surface area contributed by atoms with Crippen molar-refractivity contribution in [3.63, 3.8) is 0 Å². The number of piperidine rings is 1. The normalized spacial score (nSPS) is 29.4. The zero-order chi connectivity index (χ0) is 11.5. The fourth-order valence-electron chi connectivity index (χ4n) is 1.58. The van der Waals surface area contributed by atoms with Crippen molar-refractivity contribution in [3.8, 4) is 0 Å². The van der Waals surface area contributed by atoms with Crippen LogP contribution >= 0.6 is 23.4 Å². The zero-order valence-corrected chi connectivity index (χ0v) is 10.1. The summed E-state index contributed by atoms with van der Waals surface area (Å²) in [6.07, 6.45) is 0.977. The number of halogens is 4. The summed E-state index contributed by atoms with van der Waals surface area (Å²) in [5.74, 6) is 0.569. The van der Waals surface area contributed by atoms with Crippen molar-refractivity contribution in [2.45, 2.75) is 24.2 Å². The monoisotopic (exact) mass is 261 g/mol. The molecule has 0 aliphatic carbocycles. The van der Waals surface area contributed by atoms with Crippen LogP contribution in [0.2, 0.25) is 0 Å². The van der Waals surface area contributed by atoms with E-state index in [0.29, 0.717) is 19.0 Å². The molecule has 0 amide bonds. The van der Waals surface area contributed by atoms with Crippen LogP contribution in [-0.2, 0) is 0 Å². The van der Waals surface area contributed by atoms with Gasteiger partial charge in [-0.3, -0.25) is 0 Å². The van der Waals surface area contributed by atoms with Crippen molar-refractivity contribution >= 4 is 23.4 Å². The van der Waals surface area contributed by atoms with Crippen LogP contribution in [0, 0.1) is 5.92 Å². The van der Waals surface area contributed by atoms with Gasteiger partial charge in [-0.05, 0) is 30.6 Å². The fraction of sp³-hybridized carbons (Fsp3) is 1.00. The molecule has 0 bridgehead atoms. The van der Waals surface area contributed by atoms with E-state index in [-0.39, 0.29) is 22.9 Å². The van der Waals surface area contributed by atoms with Gasteiger partial charge in [0.05, 0.1) is 0 Å². The van der Waals surface area contributed by atoms with Crippen LogP contribution in [0.15, 0.2) is 0 Å². The molecule has 0 aromatic heterocycles. The Hall–Kier alpha value is 0.390. The van der Waals surface area contributed by atoms with Gasteiger partial charge in [-0.2, -0.15) is 13.2 Å². The van der Waals surface area contributed by atoms with E-state index in [1.165, 1.54) is 0 Å². The minimum atomic E-state index is -4.11. The van der Waals surface area contributed by atoms with Gasteiger partial charge >= 0.3 is 5.51 Å². The van der Waals surface area contributed by atoms with Crippen molar-refractivity contribution < 1.29 is 13.2 Å². The molecule has 0 saturated carbocycles. The Kier molecular flexibility index (Phi) is 5.06. The Morgan fingerprint density at radius 2 is 2.13 bits per heavy atom. The lowest BCUT2D eigenvalue weighted by molar-refractivity contribution is -0.0329. The first kappa shape index (κ1) is 13.5. The molecular weight excluding hydrogens is 247 g/mol. The molecule has 0 aromatic rings. The van der Waals surface area contributed by atoms with Gasteiger partial charge in [-0.15, -0.1) is 11.6 Å². The van der Waals surface area contributed by atoms with Crippen LogP contribution in [0.3, 0.4) is 0 Å². The molecule has 1 fully saturated rings. The molecule has 15 heavy (non-hydrogen) atoms. The summed E-state index contributed by atoms with van der Waals surface area (Å²) >= 11 is 6.10. The van der Waals surface area contributed by atoms with Gasteiger partial charge in [-0.25, -0.2) is 0 Å². The van der Waals surface area contributed by atoms with Gasteiger partial charge in [0.1, 0.15) is 0 Å². The third-order valence-electron chi connectivity index (χ3n) is 2.62. The molecular formula is C9H15ClF3NS. The minimum Gasteiger partial charge on any atom is -0.301 e. The summed E-state index contributed by atoms with van der Waals surface area (Å²) in [6.45, 7) is 4.13. The lowest BCUT2D eigenvalue weighted by atomic mass is 9.99. The molecule has 0 N–H and O–H groups in total. The van der Waals surface area contributed by atoms with Crippen LogP contribution in [0.25, 0.3) is 0 Å². The van der Waals surface area contributed by atoms with Gasteiger partial charge in [0, 0.05) is 24.2 Å². The highest BCUT2D eigenvalue weighted by Gasteiger charge is 2.29. The number of nitrogens with zero attached hydrogens (tertiary/aromatic N) is 1. The average molecular weight is 262 g/mol. The van der Waals surface area contributed by atoms with Crippen molar-refractivity contribution in [2.24, 2.45) is 5.92 Å². The van der Waals surface area contributed by atoms with E-state index >= 15 is 0 Å². The smallest absolute Gasteiger partial charge is 0.301 e. The van der Waals surface area contributed by atoms with E-state index in [9.17, 15) is 13.2 Å². The molecule has 1 rings (SSSR count). The second-order valence-electron chi connectivity index (χ2n) is 3.88. The first-order valence-corrected chi connectivity index (χ1v) is 6.38. The topological polar surface area (TPSA) is 3.24 Å². The quantitative estimate of drug-likeness (QED) is 0.718. The Balaban J connectivity index is 2.17. The molecule has 1 aliphatic heterocycles. The van der Waals surface area contributed by atoms with Crippen molar-refractivity contribution in [3.05, 3.63) is 0 Å². The lowest BCUT2D eigenvalue weighted by Crippen LogP contribution is -2.41. The molecule has 1 heterocycles. The summed E-state index contributed by atoms with van der Waals surface area (Å²) in [5.41, 5.74) is -4.11. The second kappa shape index (κ2) is 5.64. The number of hydrogen-bond donors (Lipinski definition) is 0. The maximum absolute atomic E-state index is 11.9. The van der Waals surface area contributed by atoms with Crippen LogP contribution in [-0.4, -0.2) is 41.2 Å². The van der Waals surface area contributed by atoms with Gasteiger partial charge in [-0.1, -0.05) is 6.92 Å². The number of rotatable bonds is 3. The standard InChI is InChI=1S/C9H15ClF3NS/c1-7-2-3-14(6-8(7)10)4-5-15-9(11,12)13/h7-8H,2-6H2,1H3. The van der Waals surface area contributed by atoms with Gasteiger partial charge < -0.3 is 4.90 Å². The van der Waals surface area contributed by atoms with E-state index in [2.05, 4.69) is 6.92 Å². The third kappa shape index (κ3) is 5.31. The Morgan fingerprint density at radius 1 is 1.47 bits per heavy atom. The molecule has 1 saturated heterocycles. The zero-order valence-electron chi connectivity index (χ0n) is 8.56. The van der Waals surface area contributed by atoms with E-state index in [1.54, 1.807) is 0 Å². The van der Waals surface area contributed by atoms with Gasteiger partial charge in [0.25, 0.3) is 0 Å². The average Bonchev–Trinajstić information content (AvgIpc) is 2.09. The SMILES string of the molecule is CC1CCN(CCSC(F)(F)F)CC1Cl. The summed E-state index contributed by atoms with van der Waals surface area (Å²) < 4.78 is 35.6. The van der Waals surface area contributed by atoms with Crippen molar-refractivity contribution in [2.75, 3.05) is 25.4 Å². The second-order valence-corrected chi connectivity index (χ2v) is 5.60. The van der Waals surface area contributed by atoms with Crippen LogP contribution in [0.4, 0.5) is 13.2 Å². The Labute approximate surface area is 97.3 Å². The van der Waals surface area contributed by atoms with E-state index in [0.717, 1.165) is 13.0 Å². The number of alkyl halides is 4. The lowest BCUT2D eigenvalue weighted by Gasteiger charge is -2.33. The molecule has 6 heteroatoms. The number of thioether (sulfide) groups is 1. The minimum absolute atomic E-state index is 0.0445. The number of hydrogen-bond acceptors (Lipinski definition) is 2. The predicted molar refractivity (Wildman–Crippen MR) is 58.4 cm³/mol. The van der Waals surface area contributed by atoms with E-state index < -0.39 is 5.51 Å². The molecule has 0 radical (unpaired) electrons. The van der Waals surface area contributed by atoms with Crippen LogP contribution in [0.1, 0.15) is 13.3 Å². The van der Waals surface area contributed by atoms with Crippen molar-refractivity contribution in [1.82, 2.24) is 4.90 Å². The van der Waals surface area contributed by atoms with Gasteiger partial charge in [0.15, 0.2) is 0 Å². The fourth-order valence-corrected chi connectivity index (χ4v) is 2.48. The summed E-state index contributed by atoms with van der Waals surface area (Å²) in [4.78, 5) is 2.01. The van der Waals surface area contributed by atoms with E-state index in [4.69, 9.17) is 11.6 Å².